The van der Waals surface area contributed by atoms with Crippen LogP contribution in [0.25, 0.3) is 0 Å². The number of ketones is 1. The fourth-order valence-electron chi connectivity index (χ4n) is 4.25. The number of aryl methyl sites for hydroxylation is 1. The van der Waals surface area contributed by atoms with Gasteiger partial charge in [-0.15, -0.1) is 0 Å². The van der Waals surface area contributed by atoms with E-state index in [1.165, 1.54) is 0 Å². The number of carbonyl (C=O) groups excluding carboxylic acids is 2. The first-order valence-corrected chi connectivity index (χ1v) is 11.4. The molecule has 172 valence electrons. The van der Waals surface area contributed by atoms with Crippen LogP contribution >= 0.6 is 11.6 Å². The first kappa shape index (κ1) is 24.0. The first-order chi connectivity index (χ1) is 15.3. The molecule has 1 aromatic carbocycles. The molecule has 1 amide bonds. The molecule has 2 N–H and O–H groups in total. The van der Waals surface area contributed by atoms with Crippen LogP contribution in [0, 0.1) is 18.8 Å². The molecule has 8 heteroatoms. The van der Waals surface area contributed by atoms with Crippen LogP contribution in [0.2, 0.25) is 5.28 Å². The van der Waals surface area contributed by atoms with Crippen molar-refractivity contribution in [3.05, 3.63) is 46.4 Å². The number of anilines is 1. The van der Waals surface area contributed by atoms with E-state index in [-0.39, 0.29) is 29.3 Å². The van der Waals surface area contributed by atoms with Crippen LogP contribution in [0.15, 0.2) is 24.3 Å². The zero-order valence-corrected chi connectivity index (χ0v) is 19.7. The molecule has 3 rings (SSSR count). The Labute approximate surface area is 194 Å². The molecule has 2 aromatic rings. The normalized spacial score (nSPS) is 15.4. The summed E-state index contributed by atoms with van der Waals surface area (Å²) in [6, 6.07) is 7.00. The number of piperidine rings is 1. The Kier molecular flexibility index (Phi) is 8.07. The number of Topliss-reactive ketones (excluding diaryl/α,β-unsaturated/α-hetero) is 1. The molecule has 7 nitrogen and oxygen atoms in total. The van der Waals surface area contributed by atoms with Crippen molar-refractivity contribution in [3.63, 3.8) is 0 Å². The molecule has 0 bridgehead atoms. The van der Waals surface area contributed by atoms with Gasteiger partial charge in [0.05, 0.1) is 7.11 Å². The first-order valence-electron chi connectivity index (χ1n) is 11.0. The van der Waals surface area contributed by atoms with Crippen molar-refractivity contribution < 1.29 is 14.3 Å². The van der Waals surface area contributed by atoms with E-state index >= 15 is 0 Å². The molecule has 0 spiro atoms. The second-order valence-electron chi connectivity index (χ2n) is 8.51. The topological polar surface area (TPSA) is 98.4 Å². The summed E-state index contributed by atoms with van der Waals surface area (Å²) in [5.74, 6) is 1.36. The lowest BCUT2D eigenvalue weighted by molar-refractivity contribution is -0.136. The van der Waals surface area contributed by atoms with Gasteiger partial charge in [0.1, 0.15) is 11.6 Å². The van der Waals surface area contributed by atoms with Gasteiger partial charge in [0.25, 0.3) is 0 Å². The van der Waals surface area contributed by atoms with Gasteiger partial charge < -0.3 is 15.4 Å². The third kappa shape index (κ3) is 5.97. The number of amides is 1. The van der Waals surface area contributed by atoms with Crippen LogP contribution in [0.4, 0.5) is 5.82 Å². The zero-order chi connectivity index (χ0) is 23.3. The Morgan fingerprint density at radius 1 is 1.22 bits per heavy atom. The third-order valence-corrected chi connectivity index (χ3v) is 6.44. The molecule has 0 unspecified atom stereocenters. The van der Waals surface area contributed by atoms with Crippen molar-refractivity contribution in [2.75, 3.05) is 25.9 Å². The largest absolute Gasteiger partial charge is 0.497 e. The number of nitrogens with two attached hydrogens (primary N) is 1. The summed E-state index contributed by atoms with van der Waals surface area (Å²) >= 11 is 5.85. The number of aromatic nitrogens is 2. The fraction of sp³-hybridized carbons (Fsp3) is 0.500. The van der Waals surface area contributed by atoms with Crippen LogP contribution in [0.1, 0.15) is 54.2 Å². The highest BCUT2D eigenvalue weighted by Crippen LogP contribution is 2.26. The monoisotopic (exact) mass is 458 g/mol. The number of rotatable bonds is 8. The van der Waals surface area contributed by atoms with Crippen LogP contribution in [-0.2, 0) is 11.2 Å². The molecule has 1 aliphatic rings. The molecule has 1 atom stereocenters. The second-order valence-corrected chi connectivity index (χ2v) is 8.84. The lowest BCUT2D eigenvalue weighted by Gasteiger charge is -2.33. The Morgan fingerprint density at radius 2 is 1.88 bits per heavy atom. The smallest absolute Gasteiger partial charge is 0.225 e. The highest BCUT2D eigenvalue weighted by Gasteiger charge is 2.27. The Balaban J connectivity index is 1.46. The van der Waals surface area contributed by atoms with Gasteiger partial charge in [0, 0.05) is 42.2 Å². The van der Waals surface area contributed by atoms with Crippen LogP contribution in [0.3, 0.4) is 0 Å². The Morgan fingerprint density at radius 3 is 2.47 bits per heavy atom. The molecule has 1 aliphatic heterocycles. The summed E-state index contributed by atoms with van der Waals surface area (Å²) in [6.45, 7) is 5.17. The SMILES string of the molecule is COc1ccc(C(=O)C[C@@H](C)C(=O)N2CCC(CCc3c(C)nc(Cl)nc3N)CC2)cc1. The number of hydrogen-bond donors (Lipinski definition) is 1. The predicted octanol–water partition coefficient (Wildman–Crippen LogP) is 4.11. The molecule has 0 radical (unpaired) electrons. The molecule has 0 aliphatic carbocycles. The molecule has 1 saturated heterocycles. The van der Waals surface area contributed by atoms with Gasteiger partial charge in [-0.25, -0.2) is 9.97 Å². The maximum atomic E-state index is 12.9. The number of likely N-dealkylation sites (tertiary alicyclic amines) is 1. The summed E-state index contributed by atoms with van der Waals surface area (Å²) in [7, 11) is 1.59. The fourth-order valence-corrected chi connectivity index (χ4v) is 4.47. The molecular weight excluding hydrogens is 428 g/mol. The van der Waals surface area contributed by atoms with Crippen LogP contribution < -0.4 is 10.5 Å². The highest BCUT2D eigenvalue weighted by atomic mass is 35.5. The number of ether oxygens (including phenoxy) is 1. The maximum absolute atomic E-state index is 12.9. The molecule has 1 aromatic heterocycles. The van der Waals surface area contributed by atoms with E-state index in [1.807, 2.05) is 18.7 Å². The Hall–Kier alpha value is -2.67. The van der Waals surface area contributed by atoms with Gasteiger partial charge in [-0.3, -0.25) is 9.59 Å². The van der Waals surface area contributed by atoms with E-state index in [0.717, 1.165) is 50.0 Å². The second kappa shape index (κ2) is 10.8. The van der Waals surface area contributed by atoms with Crippen LogP contribution in [0.5, 0.6) is 5.75 Å². The average Bonchev–Trinajstić information content (AvgIpc) is 2.78. The summed E-state index contributed by atoms with van der Waals surface area (Å²) in [4.78, 5) is 35.6. The van der Waals surface area contributed by atoms with Gasteiger partial charge >= 0.3 is 0 Å². The lowest BCUT2D eigenvalue weighted by atomic mass is 9.89. The van der Waals surface area contributed by atoms with Crippen molar-refractivity contribution in [2.45, 2.75) is 46.0 Å². The minimum atomic E-state index is -0.338. The standard InChI is InChI=1S/C24H31ClN4O3/c1-15(14-21(30)18-5-7-19(32-3)8-6-18)23(31)29-12-10-17(11-13-29)4-9-20-16(2)27-24(25)28-22(20)26/h5-8,15,17H,4,9-14H2,1-3H3,(H2,26,27,28)/t15-/m1/s1. The summed E-state index contributed by atoms with van der Waals surface area (Å²) < 4.78 is 5.13. The number of methoxy groups -OCH3 is 1. The quantitative estimate of drug-likeness (QED) is 0.472. The van der Waals surface area contributed by atoms with Gasteiger partial charge in [0.2, 0.25) is 11.2 Å². The average molecular weight is 459 g/mol. The van der Waals surface area contributed by atoms with E-state index in [9.17, 15) is 9.59 Å². The van der Waals surface area contributed by atoms with Crippen molar-refractivity contribution in [1.82, 2.24) is 14.9 Å². The van der Waals surface area contributed by atoms with Crippen molar-refractivity contribution in [2.24, 2.45) is 11.8 Å². The number of carbonyl (C=O) groups is 2. The molecule has 2 heterocycles. The molecule has 1 fully saturated rings. The van der Waals surface area contributed by atoms with Gasteiger partial charge in [-0.2, -0.15) is 0 Å². The van der Waals surface area contributed by atoms with E-state index in [1.54, 1.807) is 31.4 Å². The minimum Gasteiger partial charge on any atom is -0.497 e. The number of nitrogens with zero attached hydrogens (tertiary/aromatic N) is 3. The van der Waals surface area contributed by atoms with E-state index < -0.39 is 0 Å². The minimum absolute atomic E-state index is 0.0264. The van der Waals surface area contributed by atoms with E-state index in [4.69, 9.17) is 22.1 Å². The summed E-state index contributed by atoms with van der Waals surface area (Å²) in [5.41, 5.74) is 8.39. The highest BCUT2D eigenvalue weighted by molar-refractivity contribution is 6.28. The lowest BCUT2D eigenvalue weighted by Crippen LogP contribution is -2.41. The molecular formula is C24H31ClN4O3. The van der Waals surface area contributed by atoms with Gasteiger partial charge in [-0.1, -0.05) is 6.92 Å². The van der Waals surface area contributed by atoms with Gasteiger partial charge in [-0.05, 0) is 74.4 Å². The molecule has 32 heavy (non-hydrogen) atoms. The van der Waals surface area contributed by atoms with Crippen molar-refractivity contribution in [3.8, 4) is 5.75 Å². The number of halogens is 1. The van der Waals surface area contributed by atoms with E-state index in [0.29, 0.717) is 23.0 Å². The van der Waals surface area contributed by atoms with Crippen molar-refractivity contribution >= 4 is 29.1 Å². The summed E-state index contributed by atoms with van der Waals surface area (Å²) in [5, 5.41) is 0.176. The van der Waals surface area contributed by atoms with E-state index in [2.05, 4.69) is 9.97 Å². The van der Waals surface area contributed by atoms with Crippen LogP contribution in [-0.4, -0.2) is 46.8 Å². The number of nitrogen functional groups attached to an aromatic ring is 1. The third-order valence-electron chi connectivity index (χ3n) is 6.27. The van der Waals surface area contributed by atoms with Gasteiger partial charge in [0.15, 0.2) is 5.78 Å². The van der Waals surface area contributed by atoms with Crippen molar-refractivity contribution in [1.29, 1.82) is 0 Å². The maximum Gasteiger partial charge on any atom is 0.225 e. The Bertz CT molecular complexity index is 933. The summed E-state index contributed by atoms with van der Waals surface area (Å²) in [6.07, 6.45) is 3.88. The number of hydrogen-bond acceptors (Lipinski definition) is 6. The molecule has 0 saturated carbocycles. The number of benzene rings is 1. The predicted molar refractivity (Wildman–Crippen MR) is 125 cm³/mol. The zero-order valence-electron chi connectivity index (χ0n) is 18.9.